The van der Waals surface area contributed by atoms with Crippen LogP contribution in [0.2, 0.25) is 0 Å². The average Bonchev–Trinajstić information content (AvgIpc) is 3.14. The Morgan fingerprint density at radius 1 is 1.43 bits per heavy atom. The van der Waals surface area contributed by atoms with Crippen molar-refractivity contribution in [1.29, 1.82) is 0 Å². The molecule has 0 aliphatic carbocycles. The second kappa shape index (κ2) is 6.98. The lowest BCUT2D eigenvalue weighted by Gasteiger charge is -2.33. The SMILES string of the molecule is Cc1cn[nH]c1C[C@H]1CCCN(C(=O)CCn2nccc2C)C1. The number of aromatic nitrogens is 4. The van der Waals surface area contributed by atoms with Crippen molar-refractivity contribution in [3.8, 4) is 0 Å². The van der Waals surface area contributed by atoms with Gasteiger partial charge in [-0.25, -0.2) is 0 Å². The molecule has 6 heteroatoms. The first kappa shape index (κ1) is 15.8. The number of likely N-dealkylation sites (tertiary alicyclic amines) is 1. The molecule has 0 radical (unpaired) electrons. The van der Waals surface area contributed by atoms with E-state index in [0.717, 1.165) is 31.6 Å². The molecule has 23 heavy (non-hydrogen) atoms. The number of H-pyrrole nitrogens is 1. The van der Waals surface area contributed by atoms with Crippen molar-refractivity contribution in [2.45, 2.75) is 46.1 Å². The van der Waals surface area contributed by atoms with Gasteiger partial charge in [0.2, 0.25) is 5.91 Å². The first-order chi connectivity index (χ1) is 11.1. The van der Waals surface area contributed by atoms with Gasteiger partial charge < -0.3 is 4.90 Å². The fourth-order valence-corrected chi connectivity index (χ4v) is 3.32. The molecule has 1 saturated heterocycles. The van der Waals surface area contributed by atoms with Gasteiger partial charge in [0.15, 0.2) is 0 Å². The molecule has 2 aromatic heterocycles. The number of rotatable bonds is 5. The minimum atomic E-state index is 0.242. The second-order valence-electron chi connectivity index (χ2n) is 6.53. The minimum Gasteiger partial charge on any atom is -0.342 e. The van der Waals surface area contributed by atoms with Gasteiger partial charge in [0.05, 0.1) is 6.20 Å². The van der Waals surface area contributed by atoms with Crippen molar-refractivity contribution in [2.24, 2.45) is 5.92 Å². The lowest BCUT2D eigenvalue weighted by molar-refractivity contribution is -0.133. The number of hydrogen-bond acceptors (Lipinski definition) is 3. The Bertz CT molecular complexity index is 659. The molecule has 1 aliphatic rings. The predicted molar refractivity (Wildman–Crippen MR) is 87.9 cm³/mol. The van der Waals surface area contributed by atoms with E-state index in [0.29, 0.717) is 18.9 Å². The van der Waals surface area contributed by atoms with Crippen LogP contribution in [-0.2, 0) is 17.8 Å². The molecular weight excluding hydrogens is 290 g/mol. The molecule has 2 aromatic rings. The number of aromatic amines is 1. The topological polar surface area (TPSA) is 66.8 Å². The normalized spacial score (nSPS) is 18.3. The van der Waals surface area contributed by atoms with Crippen LogP contribution in [0.5, 0.6) is 0 Å². The summed E-state index contributed by atoms with van der Waals surface area (Å²) in [5, 5.41) is 11.4. The quantitative estimate of drug-likeness (QED) is 0.919. The van der Waals surface area contributed by atoms with Gasteiger partial charge in [-0.1, -0.05) is 0 Å². The minimum absolute atomic E-state index is 0.242. The van der Waals surface area contributed by atoms with Crippen molar-refractivity contribution in [1.82, 2.24) is 24.9 Å². The van der Waals surface area contributed by atoms with Gasteiger partial charge in [-0.15, -0.1) is 0 Å². The van der Waals surface area contributed by atoms with Crippen LogP contribution in [-0.4, -0.2) is 43.9 Å². The molecule has 0 saturated carbocycles. The molecule has 124 valence electrons. The van der Waals surface area contributed by atoms with E-state index < -0.39 is 0 Å². The van der Waals surface area contributed by atoms with Gasteiger partial charge in [-0.3, -0.25) is 14.6 Å². The maximum atomic E-state index is 12.5. The van der Waals surface area contributed by atoms with Crippen molar-refractivity contribution >= 4 is 5.91 Å². The number of hydrogen-bond donors (Lipinski definition) is 1. The Balaban J connectivity index is 1.52. The first-order valence-electron chi connectivity index (χ1n) is 8.38. The highest BCUT2D eigenvalue weighted by molar-refractivity contribution is 5.76. The number of piperidine rings is 1. The molecule has 3 heterocycles. The lowest BCUT2D eigenvalue weighted by Crippen LogP contribution is -2.41. The number of carbonyl (C=O) groups is 1. The van der Waals surface area contributed by atoms with Crippen LogP contribution < -0.4 is 0 Å². The highest BCUT2D eigenvalue weighted by Gasteiger charge is 2.24. The van der Waals surface area contributed by atoms with Crippen LogP contribution in [0.1, 0.15) is 36.2 Å². The van der Waals surface area contributed by atoms with Crippen molar-refractivity contribution in [3.63, 3.8) is 0 Å². The summed E-state index contributed by atoms with van der Waals surface area (Å²) in [5.41, 5.74) is 3.52. The van der Waals surface area contributed by atoms with Gasteiger partial charge >= 0.3 is 0 Å². The van der Waals surface area contributed by atoms with Crippen LogP contribution in [0.25, 0.3) is 0 Å². The Hall–Kier alpha value is -2.11. The monoisotopic (exact) mass is 315 g/mol. The smallest absolute Gasteiger partial charge is 0.224 e. The number of aryl methyl sites for hydroxylation is 3. The van der Waals surface area contributed by atoms with Crippen LogP contribution >= 0.6 is 0 Å². The fourth-order valence-electron chi connectivity index (χ4n) is 3.32. The molecule has 1 aliphatic heterocycles. The van der Waals surface area contributed by atoms with Crippen LogP contribution in [0, 0.1) is 19.8 Å². The summed E-state index contributed by atoms with van der Waals surface area (Å²) in [4.78, 5) is 14.5. The summed E-state index contributed by atoms with van der Waals surface area (Å²) >= 11 is 0. The highest BCUT2D eigenvalue weighted by Crippen LogP contribution is 2.22. The Kier molecular flexibility index (Phi) is 4.79. The summed E-state index contributed by atoms with van der Waals surface area (Å²) in [6.45, 7) is 6.50. The maximum Gasteiger partial charge on any atom is 0.224 e. The van der Waals surface area contributed by atoms with E-state index in [4.69, 9.17) is 0 Å². The van der Waals surface area contributed by atoms with E-state index in [2.05, 4.69) is 22.2 Å². The maximum absolute atomic E-state index is 12.5. The van der Waals surface area contributed by atoms with Gasteiger partial charge in [-0.2, -0.15) is 10.2 Å². The molecule has 0 spiro atoms. The van der Waals surface area contributed by atoms with E-state index in [1.165, 1.54) is 17.7 Å². The third-order valence-corrected chi connectivity index (χ3v) is 4.76. The van der Waals surface area contributed by atoms with E-state index in [-0.39, 0.29) is 5.91 Å². The molecule has 1 fully saturated rings. The molecule has 3 rings (SSSR count). The number of nitrogens with one attached hydrogen (secondary N) is 1. The first-order valence-corrected chi connectivity index (χ1v) is 8.38. The molecule has 6 nitrogen and oxygen atoms in total. The number of nitrogens with zero attached hydrogens (tertiary/aromatic N) is 4. The molecule has 1 atom stereocenters. The van der Waals surface area contributed by atoms with Crippen LogP contribution in [0.15, 0.2) is 18.5 Å². The zero-order chi connectivity index (χ0) is 16.2. The van der Waals surface area contributed by atoms with Crippen molar-refractivity contribution in [3.05, 3.63) is 35.4 Å². The van der Waals surface area contributed by atoms with Crippen molar-refractivity contribution < 1.29 is 4.79 Å². The van der Waals surface area contributed by atoms with E-state index >= 15 is 0 Å². The zero-order valence-corrected chi connectivity index (χ0v) is 14.0. The molecule has 0 aromatic carbocycles. The average molecular weight is 315 g/mol. The van der Waals surface area contributed by atoms with Crippen LogP contribution in [0.3, 0.4) is 0 Å². The summed E-state index contributed by atoms with van der Waals surface area (Å²) in [5.74, 6) is 0.768. The van der Waals surface area contributed by atoms with Crippen molar-refractivity contribution in [2.75, 3.05) is 13.1 Å². The Labute approximate surface area is 136 Å². The third-order valence-electron chi connectivity index (χ3n) is 4.76. The largest absolute Gasteiger partial charge is 0.342 e. The Morgan fingerprint density at radius 2 is 2.30 bits per heavy atom. The summed E-state index contributed by atoms with van der Waals surface area (Å²) in [6.07, 6.45) is 7.42. The van der Waals surface area contributed by atoms with Gasteiger partial charge in [0, 0.05) is 43.6 Å². The standard InChI is InChI=1S/C17H25N5O/c1-13-11-18-20-16(13)10-15-4-3-8-21(12-15)17(23)6-9-22-14(2)5-7-19-22/h5,7,11,15H,3-4,6,8-10,12H2,1-2H3,(H,18,20)/t15-/m1/s1. The number of amides is 1. The molecule has 1 amide bonds. The summed E-state index contributed by atoms with van der Waals surface area (Å²) in [7, 11) is 0. The van der Waals surface area contributed by atoms with E-state index in [1.54, 1.807) is 6.20 Å². The van der Waals surface area contributed by atoms with Gasteiger partial charge in [-0.05, 0) is 50.7 Å². The molecule has 1 N–H and O–H groups in total. The highest BCUT2D eigenvalue weighted by atomic mass is 16.2. The predicted octanol–water partition coefficient (Wildman–Crippen LogP) is 2.09. The fraction of sp³-hybridized carbons (Fsp3) is 0.588. The second-order valence-corrected chi connectivity index (χ2v) is 6.53. The zero-order valence-electron chi connectivity index (χ0n) is 14.0. The molecule has 0 bridgehead atoms. The van der Waals surface area contributed by atoms with E-state index in [1.807, 2.05) is 28.8 Å². The van der Waals surface area contributed by atoms with Gasteiger partial charge in [0.1, 0.15) is 0 Å². The molecule has 0 unspecified atom stereocenters. The van der Waals surface area contributed by atoms with Gasteiger partial charge in [0.25, 0.3) is 0 Å². The van der Waals surface area contributed by atoms with Crippen LogP contribution in [0.4, 0.5) is 0 Å². The third kappa shape index (κ3) is 3.81. The summed E-state index contributed by atoms with van der Waals surface area (Å²) in [6, 6.07) is 1.97. The summed E-state index contributed by atoms with van der Waals surface area (Å²) < 4.78 is 1.90. The van der Waals surface area contributed by atoms with E-state index in [9.17, 15) is 4.79 Å². The lowest BCUT2D eigenvalue weighted by atomic mass is 9.92. The Morgan fingerprint density at radius 3 is 3.00 bits per heavy atom. The molecular formula is C17H25N5O. The number of carbonyl (C=O) groups excluding carboxylic acids is 1.